The van der Waals surface area contributed by atoms with Crippen molar-refractivity contribution in [2.24, 2.45) is 0 Å². The number of carbonyl (C=O) groups is 1. The summed E-state index contributed by atoms with van der Waals surface area (Å²) in [5.41, 5.74) is 5.10. The molecule has 0 bridgehead atoms. The van der Waals surface area contributed by atoms with E-state index in [9.17, 15) is 4.79 Å². The lowest BCUT2D eigenvalue weighted by Crippen LogP contribution is -2.41. The summed E-state index contributed by atoms with van der Waals surface area (Å²) in [5, 5.41) is 4.24. The monoisotopic (exact) mass is 454 g/mol. The molecule has 1 atom stereocenters. The predicted octanol–water partition coefficient (Wildman–Crippen LogP) is 5.46. The maximum atomic E-state index is 14.1. The topological polar surface area (TPSA) is 64.8 Å². The number of methoxy groups -OCH3 is 2. The van der Waals surface area contributed by atoms with Crippen LogP contribution in [0.5, 0.6) is 11.5 Å². The van der Waals surface area contributed by atoms with E-state index in [0.29, 0.717) is 41.5 Å². The number of nitrogens with zero attached hydrogens (tertiary/aromatic N) is 2. The first-order valence-corrected chi connectivity index (χ1v) is 11.2. The van der Waals surface area contributed by atoms with Gasteiger partial charge in [0.25, 0.3) is 5.91 Å². The summed E-state index contributed by atoms with van der Waals surface area (Å²) >= 11 is 0. The van der Waals surface area contributed by atoms with E-state index in [1.807, 2.05) is 65.6 Å². The highest BCUT2D eigenvalue weighted by Crippen LogP contribution is 2.42. The van der Waals surface area contributed by atoms with Gasteiger partial charge >= 0.3 is 0 Å². The third-order valence-electron chi connectivity index (χ3n) is 6.37. The average molecular weight is 455 g/mol. The molecule has 0 fully saturated rings. The molecule has 1 aromatic heterocycles. The Kier molecular flexibility index (Phi) is 5.80. The lowest BCUT2D eigenvalue weighted by Gasteiger charge is -2.38. The molecule has 0 aliphatic carbocycles. The standard InChI is InChI=1S/C28H26N2O4/c1-18-25(26(29-34-18)19-10-6-4-7-11-19)28(31)30-15-14-21-16-23(32-2)24(33-3)17-22(21)27(30)20-12-8-5-9-13-20/h4-13,16-17,27H,14-15H2,1-3H3. The zero-order valence-electron chi connectivity index (χ0n) is 19.4. The van der Waals surface area contributed by atoms with Crippen molar-refractivity contribution in [2.45, 2.75) is 19.4 Å². The van der Waals surface area contributed by atoms with Gasteiger partial charge < -0.3 is 18.9 Å². The maximum Gasteiger partial charge on any atom is 0.260 e. The fourth-order valence-electron chi connectivity index (χ4n) is 4.72. The van der Waals surface area contributed by atoms with Crippen LogP contribution in [0.3, 0.4) is 0 Å². The number of rotatable bonds is 5. The summed E-state index contributed by atoms with van der Waals surface area (Å²) < 4.78 is 16.6. The third-order valence-corrected chi connectivity index (χ3v) is 6.37. The molecule has 0 saturated carbocycles. The van der Waals surface area contributed by atoms with Crippen LogP contribution in [0, 0.1) is 6.92 Å². The first kappa shape index (κ1) is 21.8. The minimum absolute atomic E-state index is 0.105. The molecule has 2 heterocycles. The van der Waals surface area contributed by atoms with Crippen molar-refractivity contribution in [3.8, 4) is 22.8 Å². The Labute approximate surface area is 198 Å². The molecular weight excluding hydrogens is 428 g/mol. The highest BCUT2D eigenvalue weighted by molar-refractivity contribution is 6.01. The van der Waals surface area contributed by atoms with Gasteiger partial charge in [-0.25, -0.2) is 0 Å². The molecule has 1 amide bonds. The van der Waals surface area contributed by atoms with E-state index < -0.39 is 0 Å². The van der Waals surface area contributed by atoms with Crippen molar-refractivity contribution < 1.29 is 18.8 Å². The molecule has 0 radical (unpaired) electrons. The van der Waals surface area contributed by atoms with Gasteiger partial charge in [-0.2, -0.15) is 0 Å². The Hall–Kier alpha value is -4.06. The SMILES string of the molecule is COc1cc2c(cc1OC)C(c1ccccc1)N(C(=O)c1c(-c3ccccc3)noc1C)CC2. The Morgan fingerprint density at radius 3 is 2.29 bits per heavy atom. The Morgan fingerprint density at radius 2 is 1.62 bits per heavy atom. The van der Waals surface area contributed by atoms with Gasteiger partial charge in [0, 0.05) is 12.1 Å². The van der Waals surface area contributed by atoms with Crippen molar-refractivity contribution in [3.63, 3.8) is 0 Å². The van der Waals surface area contributed by atoms with E-state index in [2.05, 4.69) is 17.3 Å². The van der Waals surface area contributed by atoms with Crippen LogP contribution in [0.1, 0.15) is 38.9 Å². The molecule has 6 heteroatoms. The zero-order chi connectivity index (χ0) is 23.7. The van der Waals surface area contributed by atoms with Gasteiger partial charge in [0.15, 0.2) is 11.5 Å². The maximum absolute atomic E-state index is 14.1. The second kappa shape index (κ2) is 9.06. The van der Waals surface area contributed by atoms with Gasteiger partial charge in [0.2, 0.25) is 0 Å². The number of fused-ring (bicyclic) bond motifs is 1. The average Bonchev–Trinajstić information content (AvgIpc) is 3.28. The molecule has 1 aliphatic heterocycles. The second-order valence-corrected chi connectivity index (χ2v) is 8.30. The van der Waals surface area contributed by atoms with E-state index in [1.54, 1.807) is 21.1 Å². The number of hydrogen-bond acceptors (Lipinski definition) is 5. The van der Waals surface area contributed by atoms with E-state index >= 15 is 0 Å². The van der Waals surface area contributed by atoms with Gasteiger partial charge in [-0.05, 0) is 42.2 Å². The Bertz CT molecular complexity index is 1320. The first-order chi connectivity index (χ1) is 16.6. The molecule has 1 aliphatic rings. The number of hydrogen-bond donors (Lipinski definition) is 0. The highest BCUT2D eigenvalue weighted by Gasteiger charge is 2.36. The fraction of sp³-hybridized carbons (Fsp3) is 0.214. The van der Waals surface area contributed by atoms with Crippen molar-refractivity contribution in [1.82, 2.24) is 10.1 Å². The summed E-state index contributed by atoms with van der Waals surface area (Å²) in [6.45, 7) is 2.34. The summed E-state index contributed by atoms with van der Waals surface area (Å²) in [6.07, 6.45) is 0.704. The van der Waals surface area contributed by atoms with E-state index in [4.69, 9.17) is 14.0 Å². The highest BCUT2D eigenvalue weighted by atomic mass is 16.5. The van der Waals surface area contributed by atoms with Crippen LogP contribution in [0.2, 0.25) is 0 Å². The third kappa shape index (κ3) is 3.71. The molecule has 1 unspecified atom stereocenters. The van der Waals surface area contributed by atoms with Crippen molar-refractivity contribution in [3.05, 3.63) is 101 Å². The van der Waals surface area contributed by atoms with Crippen LogP contribution in [0.25, 0.3) is 11.3 Å². The molecule has 0 saturated heterocycles. The summed E-state index contributed by atoms with van der Waals surface area (Å²) in [6, 6.07) is 23.5. The molecule has 6 nitrogen and oxygen atoms in total. The van der Waals surface area contributed by atoms with Gasteiger partial charge in [-0.3, -0.25) is 4.79 Å². The first-order valence-electron chi connectivity index (χ1n) is 11.2. The molecule has 5 rings (SSSR count). The lowest BCUT2D eigenvalue weighted by atomic mass is 9.87. The number of benzene rings is 3. The number of aromatic nitrogens is 1. The minimum Gasteiger partial charge on any atom is -0.493 e. The molecule has 4 aromatic rings. The van der Waals surface area contributed by atoms with Crippen molar-refractivity contribution in [1.29, 1.82) is 0 Å². The molecular formula is C28H26N2O4. The van der Waals surface area contributed by atoms with Gasteiger partial charge in [0.05, 0.1) is 20.3 Å². The summed E-state index contributed by atoms with van der Waals surface area (Å²) in [5.74, 6) is 1.73. The lowest BCUT2D eigenvalue weighted by molar-refractivity contribution is 0.0693. The van der Waals surface area contributed by atoms with Gasteiger partial charge in [-0.15, -0.1) is 0 Å². The van der Waals surface area contributed by atoms with E-state index in [-0.39, 0.29) is 11.9 Å². The largest absolute Gasteiger partial charge is 0.493 e. The molecule has 3 aromatic carbocycles. The molecule has 172 valence electrons. The fourth-order valence-corrected chi connectivity index (χ4v) is 4.72. The predicted molar refractivity (Wildman–Crippen MR) is 129 cm³/mol. The Morgan fingerprint density at radius 1 is 0.971 bits per heavy atom. The van der Waals surface area contributed by atoms with Crippen LogP contribution in [0.15, 0.2) is 77.3 Å². The van der Waals surface area contributed by atoms with Gasteiger partial charge in [-0.1, -0.05) is 65.8 Å². The van der Waals surface area contributed by atoms with Crippen LogP contribution >= 0.6 is 0 Å². The van der Waals surface area contributed by atoms with Crippen molar-refractivity contribution >= 4 is 5.91 Å². The minimum atomic E-state index is -0.282. The molecule has 0 spiro atoms. The zero-order valence-corrected chi connectivity index (χ0v) is 19.4. The normalized spacial score (nSPS) is 15.0. The van der Waals surface area contributed by atoms with E-state index in [0.717, 1.165) is 22.3 Å². The van der Waals surface area contributed by atoms with Gasteiger partial charge in [0.1, 0.15) is 17.0 Å². The quantitative estimate of drug-likeness (QED) is 0.401. The van der Waals surface area contributed by atoms with Crippen LogP contribution in [-0.4, -0.2) is 36.7 Å². The summed E-state index contributed by atoms with van der Waals surface area (Å²) in [7, 11) is 3.26. The number of carbonyl (C=O) groups excluding carboxylic acids is 1. The Balaban J connectivity index is 1.64. The number of aryl methyl sites for hydroxylation is 1. The van der Waals surface area contributed by atoms with Crippen molar-refractivity contribution in [2.75, 3.05) is 20.8 Å². The number of amides is 1. The van der Waals surface area contributed by atoms with Crippen LogP contribution in [0.4, 0.5) is 0 Å². The van der Waals surface area contributed by atoms with Crippen LogP contribution in [-0.2, 0) is 6.42 Å². The smallest absolute Gasteiger partial charge is 0.260 e. The van der Waals surface area contributed by atoms with Crippen LogP contribution < -0.4 is 9.47 Å². The molecule has 34 heavy (non-hydrogen) atoms. The van der Waals surface area contributed by atoms with E-state index in [1.165, 1.54) is 0 Å². The number of ether oxygens (including phenoxy) is 2. The summed E-state index contributed by atoms with van der Waals surface area (Å²) in [4.78, 5) is 16.0. The molecule has 0 N–H and O–H groups in total. The second-order valence-electron chi connectivity index (χ2n) is 8.30.